The standard InChI is InChI=1S/C15H28N6OS.HI/c1-5-13-11-21(7-9-23-13)15(16-6-8-22-4)17-10-14-19-18-12(2)20(14)3;/h13H,5-11H2,1-4H3,(H,16,17);1H. The Balaban J connectivity index is 0.00000288. The van der Waals surface area contributed by atoms with Crippen molar-refractivity contribution in [2.75, 3.05) is 39.1 Å². The lowest BCUT2D eigenvalue weighted by atomic mass is 10.3. The maximum absolute atomic E-state index is 5.14. The van der Waals surface area contributed by atoms with Crippen molar-refractivity contribution in [3.63, 3.8) is 0 Å². The van der Waals surface area contributed by atoms with Gasteiger partial charge >= 0.3 is 0 Å². The molecule has 0 aliphatic carbocycles. The van der Waals surface area contributed by atoms with Crippen LogP contribution < -0.4 is 5.32 Å². The van der Waals surface area contributed by atoms with Crippen LogP contribution >= 0.6 is 35.7 Å². The Hall–Kier alpha value is -0.550. The highest BCUT2D eigenvalue weighted by molar-refractivity contribution is 14.0. The minimum Gasteiger partial charge on any atom is -0.383 e. The first-order valence-electron chi connectivity index (χ1n) is 8.14. The molecule has 1 aliphatic rings. The maximum atomic E-state index is 5.14. The van der Waals surface area contributed by atoms with Crippen molar-refractivity contribution in [2.24, 2.45) is 12.0 Å². The minimum atomic E-state index is 0. The summed E-state index contributed by atoms with van der Waals surface area (Å²) in [4.78, 5) is 7.13. The molecule has 0 bridgehead atoms. The number of nitrogens with one attached hydrogen (secondary N) is 1. The number of hydrogen-bond donors (Lipinski definition) is 1. The van der Waals surface area contributed by atoms with E-state index >= 15 is 0 Å². The van der Waals surface area contributed by atoms with Crippen LogP contribution in [0.15, 0.2) is 4.99 Å². The average Bonchev–Trinajstić information content (AvgIpc) is 2.90. The van der Waals surface area contributed by atoms with Crippen molar-refractivity contribution in [2.45, 2.75) is 32.1 Å². The number of methoxy groups -OCH3 is 1. The fourth-order valence-corrected chi connectivity index (χ4v) is 3.61. The fraction of sp³-hybridized carbons (Fsp3) is 0.800. The van der Waals surface area contributed by atoms with Crippen molar-refractivity contribution in [1.82, 2.24) is 25.0 Å². The molecule has 9 heteroatoms. The number of ether oxygens (including phenoxy) is 1. The number of rotatable bonds is 6. The molecule has 0 radical (unpaired) electrons. The summed E-state index contributed by atoms with van der Waals surface area (Å²) in [7, 11) is 3.69. The molecule has 7 nitrogen and oxygen atoms in total. The monoisotopic (exact) mass is 468 g/mol. The van der Waals surface area contributed by atoms with Gasteiger partial charge in [-0.05, 0) is 13.3 Å². The number of aliphatic imine (C=N–C) groups is 1. The van der Waals surface area contributed by atoms with Gasteiger partial charge in [0.05, 0.1) is 6.61 Å². The Bertz CT molecular complexity index is 524. The fourth-order valence-electron chi connectivity index (χ4n) is 2.43. The number of halogens is 1. The molecule has 1 saturated heterocycles. The first-order valence-corrected chi connectivity index (χ1v) is 9.19. The average molecular weight is 468 g/mol. The first-order chi connectivity index (χ1) is 11.2. The van der Waals surface area contributed by atoms with Crippen LogP contribution in [0.4, 0.5) is 0 Å². The van der Waals surface area contributed by atoms with Crippen LogP contribution in [0.1, 0.15) is 25.0 Å². The van der Waals surface area contributed by atoms with Gasteiger partial charge in [0.2, 0.25) is 0 Å². The Labute approximate surface area is 166 Å². The van der Waals surface area contributed by atoms with Crippen LogP contribution in [0.3, 0.4) is 0 Å². The summed E-state index contributed by atoms with van der Waals surface area (Å²) in [6.07, 6.45) is 1.19. The van der Waals surface area contributed by atoms with Gasteiger partial charge in [0.25, 0.3) is 0 Å². The van der Waals surface area contributed by atoms with Gasteiger partial charge in [-0.15, -0.1) is 34.2 Å². The summed E-state index contributed by atoms with van der Waals surface area (Å²) >= 11 is 2.06. The molecule has 24 heavy (non-hydrogen) atoms. The highest BCUT2D eigenvalue weighted by Crippen LogP contribution is 2.21. The van der Waals surface area contributed by atoms with E-state index in [1.807, 2.05) is 18.5 Å². The SMILES string of the molecule is CCC1CN(C(=NCc2nnc(C)n2C)NCCOC)CCS1.I. The quantitative estimate of drug-likeness (QED) is 0.297. The normalized spacial score (nSPS) is 18.4. The van der Waals surface area contributed by atoms with Crippen LogP contribution in [-0.2, 0) is 18.3 Å². The second-order valence-electron chi connectivity index (χ2n) is 5.63. The molecule has 1 aliphatic heterocycles. The molecule has 0 amide bonds. The molecule has 2 rings (SSSR count). The maximum Gasteiger partial charge on any atom is 0.194 e. The third-order valence-corrected chi connectivity index (χ3v) is 5.41. The molecule has 0 saturated carbocycles. The molecular formula is C15H29IN6OS. The lowest BCUT2D eigenvalue weighted by Gasteiger charge is -2.34. The van der Waals surface area contributed by atoms with Gasteiger partial charge < -0.3 is 19.5 Å². The van der Waals surface area contributed by atoms with Crippen molar-refractivity contribution in [3.8, 4) is 0 Å². The van der Waals surface area contributed by atoms with Crippen molar-refractivity contribution < 1.29 is 4.74 Å². The molecular weight excluding hydrogens is 439 g/mol. The zero-order valence-electron chi connectivity index (χ0n) is 15.0. The molecule has 1 N–H and O–H groups in total. The van der Waals surface area contributed by atoms with E-state index in [1.54, 1.807) is 7.11 Å². The molecule has 0 spiro atoms. The van der Waals surface area contributed by atoms with Gasteiger partial charge in [0.1, 0.15) is 12.4 Å². The van der Waals surface area contributed by atoms with Gasteiger partial charge in [-0.1, -0.05) is 6.92 Å². The Kier molecular flexibility index (Phi) is 9.98. The minimum absolute atomic E-state index is 0. The smallest absolute Gasteiger partial charge is 0.194 e. The van der Waals surface area contributed by atoms with Gasteiger partial charge in [0, 0.05) is 44.8 Å². The van der Waals surface area contributed by atoms with Gasteiger partial charge in [0.15, 0.2) is 11.8 Å². The summed E-state index contributed by atoms with van der Waals surface area (Å²) in [6, 6.07) is 0. The van der Waals surface area contributed by atoms with Gasteiger partial charge in [-0.25, -0.2) is 4.99 Å². The number of guanidine groups is 1. The molecule has 1 aromatic rings. The summed E-state index contributed by atoms with van der Waals surface area (Å²) in [5.41, 5.74) is 0. The number of thioether (sulfide) groups is 1. The van der Waals surface area contributed by atoms with Crippen molar-refractivity contribution in [1.29, 1.82) is 0 Å². The van der Waals surface area contributed by atoms with Crippen LogP contribution in [0.25, 0.3) is 0 Å². The summed E-state index contributed by atoms with van der Waals surface area (Å²) in [6.45, 7) is 8.22. The summed E-state index contributed by atoms with van der Waals surface area (Å²) in [5.74, 6) is 3.88. The van der Waals surface area contributed by atoms with Crippen LogP contribution in [0.5, 0.6) is 0 Å². The molecule has 1 atom stereocenters. The molecule has 2 heterocycles. The summed E-state index contributed by atoms with van der Waals surface area (Å²) in [5, 5.41) is 12.4. The Morgan fingerprint density at radius 1 is 1.46 bits per heavy atom. The third kappa shape index (κ3) is 6.07. The number of hydrogen-bond acceptors (Lipinski definition) is 5. The van der Waals surface area contributed by atoms with Gasteiger partial charge in [-0.3, -0.25) is 0 Å². The third-order valence-electron chi connectivity index (χ3n) is 4.04. The molecule has 1 aromatic heterocycles. The van der Waals surface area contributed by atoms with Crippen LogP contribution in [-0.4, -0.2) is 70.0 Å². The number of nitrogens with zero attached hydrogens (tertiary/aromatic N) is 5. The first kappa shape index (κ1) is 21.5. The van der Waals surface area contributed by atoms with Crippen LogP contribution in [0, 0.1) is 6.92 Å². The van der Waals surface area contributed by atoms with E-state index in [1.165, 1.54) is 6.42 Å². The molecule has 138 valence electrons. The van der Waals surface area contributed by atoms with E-state index < -0.39 is 0 Å². The molecule has 1 unspecified atom stereocenters. The van der Waals surface area contributed by atoms with E-state index in [-0.39, 0.29) is 24.0 Å². The molecule has 1 fully saturated rings. The largest absolute Gasteiger partial charge is 0.383 e. The van der Waals surface area contributed by atoms with Crippen molar-refractivity contribution in [3.05, 3.63) is 11.6 Å². The Morgan fingerprint density at radius 2 is 2.25 bits per heavy atom. The van der Waals surface area contributed by atoms with E-state index in [0.717, 1.165) is 43.0 Å². The molecule has 0 aromatic carbocycles. The van der Waals surface area contributed by atoms with E-state index in [4.69, 9.17) is 9.73 Å². The number of aryl methyl sites for hydroxylation is 1. The highest BCUT2D eigenvalue weighted by Gasteiger charge is 2.21. The summed E-state index contributed by atoms with van der Waals surface area (Å²) < 4.78 is 7.12. The number of aromatic nitrogens is 3. The van der Waals surface area contributed by atoms with Gasteiger partial charge in [-0.2, -0.15) is 11.8 Å². The zero-order chi connectivity index (χ0) is 16.7. The predicted molar refractivity (Wildman–Crippen MR) is 110 cm³/mol. The van der Waals surface area contributed by atoms with E-state index in [9.17, 15) is 0 Å². The van der Waals surface area contributed by atoms with E-state index in [0.29, 0.717) is 18.4 Å². The predicted octanol–water partition coefficient (Wildman–Crippen LogP) is 1.66. The second kappa shape index (κ2) is 11.1. The second-order valence-corrected chi connectivity index (χ2v) is 7.04. The lowest BCUT2D eigenvalue weighted by Crippen LogP contribution is -2.48. The lowest BCUT2D eigenvalue weighted by molar-refractivity contribution is 0.202. The highest BCUT2D eigenvalue weighted by atomic mass is 127. The zero-order valence-corrected chi connectivity index (χ0v) is 18.1. The van der Waals surface area contributed by atoms with Crippen molar-refractivity contribution >= 4 is 41.7 Å². The van der Waals surface area contributed by atoms with Crippen LogP contribution in [0.2, 0.25) is 0 Å². The topological polar surface area (TPSA) is 67.6 Å². The van der Waals surface area contributed by atoms with E-state index in [2.05, 4.69) is 39.1 Å². The Morgan fingerprint density at radius 3 is 2.88 bits per heavy atom.